The van der Waals surface area contributed by atoms with E-state index in [4.69, 9.17) is 4.74 Å². The molecule has 1 aromatic carbocycles. The summed E-state index contributed by atoms with van der Waals surface area (Å²) >= 11 is 0. The lowest BCUT2D eigenvalue weighted by atomic mass is 9.88. The van der Waals surface area contributed by atoms with Gasteiger partial charge < -0.3 is 14.5 Å². The fourth-order valence-electron chi connectivity index (χ4n) is 4.14. The Labute approximate surface area is 156 Å². The van der Waals surface area contributed by atoms with Crippen molar-refractivity contribution in [3.8, 4) is 5.75 Å². The molecular formula is C21H30N2O3. The quantitative estimate of drug-likeness (QED) is 0.833. The maximum atomic E-state index is 12.9. The number of hydrogen-bond donors (Lipinski definition) is 0. The highest BCUT2D eigenvalue weighted by Crippen LogP contribution is 2.26. The van der Waals surface area contributed by atoms with Gasteiger partial charge in [-0.15, -0.1) is 0 Å². The minimum atomic E-state index is 0.0442. The van der Waals surface area contributed by atoms with Gasteiger partial charge in [0.1, 0.15) is 5.75 Å². The number of amides is 2. The largest absolute Gasteiger partial charge is 0.496 e. The van der Waals surface area contributed by atoms with E-state index >= 15 is 0 Å². The molecule has 142 valence electrons. The summed E-state index contributed by atoms with van der Waals surface area (Å²) in [5.74, 6) is 1.35. The predicted molar refractivity (Wildman–Crippen MR) is 101 cm³/mol. The fraction of sp³-hybridized carbons (Fsp3) is 0.619. The second-order valence-corrected chi connectivity index (χ2v) is 7.49. The van der Waals surface area contributed by atoms with Gasteiger partial charge in [-0.1, -0.05) is 19.3 Å². The Kier molecular flexibility index (Phi) is 6.17. The SMILES string of the molecule is COc1ccc(C(=O)N2CCCN(C(=O)C3CCCCC3)CC2)cc1C. The molecule has 5 heteroatoms. The van der Waals surface area contributed by atoms with Crippen LogP contribution in [-0.2, 0) is 4.79 Å². The average molecular weight is 358 g/mol. The highest BCUT2D eigenvalue weighted by Gasteiger charge is 2.28. The first kappa shape index (κ1) is 18.7. The van der Waals surface area contributed by atoms with Crippen molar-refractivity contribution in [1.29, 1.82) is 0 Å². The van der Waals surface area contributed by atoms with Gasteiger partial charge in [-0.25, -0.2) is 0 Å². The number of ether oxygens (including phenoxy) is 1. The summed E-state index contributed by atoms with van der Waals surface area (Å²) in [7, 11) is 1.64. The van der Waals surface area contributed by atoms with Gasteiger partial charge >= 0.3 is 0 Å². The van der Waals surface area contributed by atoms with E-state index in [0.717, 1.165) is 37.1 Å². The van der Waals surface area contributed by atoms with Crippen LogP contribution in [-0.4, -0.2) is 54.9 Å². The molecule has 1 aliphatic heterocycles. The minimum absolute atomic E-state index is 0.0442. The van der Waals surface area contributed by atoms with E-state index in [9.17, 15) is 9.59 Å². The van der Waals surface area contributed by atoms with Crippen molar-refractivity contribution in [1.82, 2.24) is 9.80 Å². The van der Waals surface area contributed by atoms with Crippen LogP contribution in [0.15, 0.2) is 18.2 Å². The van der Waals surface area contributed by atoms with Crippen LogP contribution >= 0.6 is 0 Å². The molecular weight excluding hydrogens is 328 g/mol. The second kappa shape index (κ2) is 8.56. The van der Waals surface area contributed by atoms with Crippen LogP contribution in [0.1, 0.15) is 54.4 Å². The summed E-state index contributed by atoms with van der Waals surface area (Å²) in [4.78, 5) is 29.5. The van der Waals surface area contributed by atoms with Crippen LogP contribution in [0.5, 0.6) is 5.75 Å². The predicted octanol–water partition coefficient (Wildman–Crippen LogP) is 3.26. The van der Waals surface area contributed by atoms with Crippen molar-refractivity contribution in [3.63, 3.8) is 0 Å². The van der Waals surface area contributed by atoms with Crippen molar-refractivity contribution in [2.75, 3.05) is 33.3 Å². The van der Waals surface area contributed by atoms with Crippen molar-refractivity contribution in [3.05, 3.63) is 29.3 Å². The van der Waals surface area contributed by atoms with Gasteiger partial charge in [0, 0.05) is 37.7 Å². The van der Waals surface area contributed by atoms with Gasteiger partial charge in [-0.2, -0.15) is 0 Å². The standard InChI is InChI=1S/C21H30N2O3/c1-16-15-18(9-10-19(16)26-2)21(25)23-12-6-11-22(13-14-23)20(24)17-7-4-3-5-8-17/h9-10,15,17H,3-8,11-14H2,1-2H3. The van der Waals surface area contributed by atoms with E-state index in [0.29, 0.717) is 31.1 Å². The van der Waals surface area contributed by atoms with Crippen LogP contribution in [0, 0.1) is 12.8 Å². The number of nitrogens with zero attached hydrogens (tertiary/aromatic N) is 2. The molecule has 2 amide bonds. The molecule has 1 heterocycles. The number of carbonyl (C=O) groups excluding carboxylic acids is 2. The van der Waals surface area contributed by atoms with Crippen LogP contribution in [0.2, 0.25) is 0 Å². The summed E-state index contributed by atoms with van der Waals surface area (Å²) < 4.78 is 5.27. The summed E-state index contributed by atoms with van der Waals surface area (Å²) in [5.41, 5.74) is 1.65. The zero-order valence-electron chi connectivity index (χ0n) is 16.0. The zero-order valence-corrected chi connectivity index (χ0v) is 16.0. The first-order chi connectivity index (χ1) is 12.6. The number of hydrogen-bond acceptors (Lipinski definition) is 3. The van der Waals surface area contributed by atoms with Gasteiger partial charge in [0.2, 0.25) is 5.91 Å². The van der Waals surface area contributed by atoms with Crippen LogP contribution in [0.3, 0.4) is 0 Å². The lowest BCUT2D eigenvalue weighted by Gasteiger charge is -2.28. The maximum absolute atomic E-state index is 12.9. The topological polar surface area (TPSA) is 49.9 Å². The number of benzene rings is 1. The van der Waals surface area contributed by atoms with Gasteiger partial charge in [-0.3, -0.25) is 9.59 Å². The molecule has 0 unspecified atom stereocenters. The summed E-state index contributed by atoms with van der Waals surface area (Å²) in [5, 5.41) is 0. The van der Waals surface area contributed by atoms with E-state index in [2.05, 4.69) is 0 Å². The van der Waals surface area contributed by atoms with Crippen molar-refractivity contribution in [2.45, 2.75) is 45.4 Å². The molecule has 2 aliphatic rings. The first-order valence-corrected chi connectivity index (χ1v) is 9.83. The lowest BCUT2D eigenvalue weighted by Crippen LogP contribution is -2.40. The number of methoxy groups -OCH3 is 1. The summed E-state index contributed by atoms with van der Waals surface area (Å²) in [6, 6.07) is 5.56. The molecule has 0 bridgehead atoms. The van der Waals surface area contributed by atoms with E-state index in [-0.39, 0.29) is 11.8 Å². The molecule has 0 aromatic heterocycles. The maximum Gasteiger partial charge on any atom is 0.253 e. The molecule has 0 spiro atoms. The molecule has 5 nitrogen and oxygen atoms in total. The van der Waals surface area contributed by atoms with Crippen molar-refractivity contribution < 1.29 is 14.3 Å². The molecule has 2 fully saturated rings. The van der Waals surface area contributed by atoms with E-state index < -0.39 is 0 Å². The summed E-state index contributed by atoms with van der Waals surface area (Å²) in [6.07, 6.45) is 6.51. The second-order valence-electron chi connectivity index (χ2n) is 7.49. The Balaban J connectivity index is 1.61. The monoisotopic (exact) mass is 358 g/mol. The molecule has 3 rings (SSSR count). The fourth-order valence-corrected chi connectivity index (χ4v) is 4.14. The third kappa shape index (κ3) is 4.19. The van der Waals surface area contributed by atoms with E-state index in [1.54, 1.807) is 7.11 Å². The Morgan fingerprint density at radius 3 is 2.35 bits per heavy atom. The lowest BCUT2D eigenvalue weighted by molar-refractivity contribution is -0.136. The molecule has 0 N–H and O–H groups in total. The average Bonchev–Trinajstić information content (AvgIpc) is 2.93. The van der Waals surface area contributed by atoms with Crippen molar-refractivity contribution >= 4 is 11.8 Å². The van der Waals surface area contributed by atoms with Gasteiger partial charge in [0.25, 0.3) is 5.91 Å². The third-order valence-electron chi connectivity index (χ3n) is 5.69. The minimum Gasteiger partial charge on any atom is -0.496 e. The van der Waals surface area contributed by atoms with Crippen molar-refractivity contribution in [2.24, 2.45) is 5.92 Å². The normalized spacial score (nSPS) is 19.2. The Morgan fingerprint density at radius 1 is 0.962 bits per heavy atom. The van der Waals surface area contributed by atoms with Crippen LogP contribution < -0.4 is 4.74 Å². The highest BCUT2D eigenvalue weighted by molar-refractivity contribution is 5.94. The molecule has 0 atom stereocenters. The molecule has 1 aromatic rings. The first-order valence-electron chi connectivity index (χ1n) is 9.83. The highest BCUT2D eigenvalue weighted by atomic mass is 16.5. The molecule has 1 aliphatic carbocycles. The van der Waals surface area contributed by atoms with E-state index in [1.165, 1.54) is 19.3 Å². The Morgan fingerprint density at radius 2 is 1.65 bits per heavy atom. The Bertz CT molecular complexity index is 653. The van der Waals surface area contributed by atoms with Gasteiger partial charge in [-0.05, 0) is 49.9 Å². The smallest absolute Gasteiger partial charge is 0.253 e. The van der Waals surface area contributed by atoms with Gasteiger partial charge in [0.15, 0.2) is 0 Å². The molecule has 1 saturated carbocycles. The van der Waals surface area contributed by atoms with Crippen LogP contribution in [0.25, 0.3) is 0 Å². The zero-order chi connectivity index (χ0) is 18.5. The van der Waals surface area contributed by atoms with E-state index in [1.807, 2.05) is 34.9 Å². The summed E-state index contributed by atoms with van der Waals surface area (Å²) in [6.45, 7) is 4.68. The Hall–Kier alpha value is -2.04. The molecule has 0 radical (unpaired) electrons. The molecule has 26 heavy (non-hydrogen) atoms. The number of rotatable bonds is 3. The van der Waals surface area contributed by atoms with Gasteiger partial charge in [0.05, 0.1) is 7.11 Å². The third-order valence-corrected chi connectivity index (χ3v) is 5.69. The number of aryl methyl sites for hydroxylation is 1. The number of carbonyl (C=O) groups is 2. The van der Waals surface area contributed by atoms with Crippen LogP contribution in [0.4, 0.5) is 0 Å². The molecule has 1 saturated heterocycles.